The van der Waals surface area contributed by atoms with Crippen molar-refractivity contribution in [3.8, 4) is 0 Å². The topological polar surface area (TPSA) is 0 Å². The molecule has 37 heavy (non-hydrogen) atoms. The highest BCUT2D eigenvalue weighted by atomic mass is 28.3. The van der Waals surface area contributed by atoms with Gasteiger partial charge in [-0.15, -0.1) is 0 Å². The van der Waals surface area contributed by atoms with Crippen molar-refractivity contribution in [1.82, 2.24) is 0 Å². The Morgan fingerprint density at radius 1 is 0.514 bits per heavy atom. The Bertz CT molecular complexity index is 1410. The Morgan fingerprint density at radius 3 is 1.30 bits per heavy atom. The number of hydrogen-bond acceptors (Lipinski definition) is 0. The van der Waals surface area contributed by atoms with Crippen LogP contribution in [0.2, 0.25) is 13.1 Å². The van der Waals surface area contributed by atoms with Gasteiger partial charge in [-0.05, 0) is 81.6 Å². The van der Waals surface area contributed by atoms with E-state index in [1.54, 1.807) is 10.4 Å². The van der Waals surface area contributed by atoms with E-state index in [9.17, 15) is 0 Å². The normalized spacial score (nSPS) is 15.0. The van der Waals surface area contributed by atoms with Gasteiger partial charge in [0, 0.05) is 0 Å². The van der Waals surface area contributed by atoms with Crippen molar-refractivity contribution in [3.05, 3.63) is 142 Å². The molecule has 186 valence electrons. The van der Waals surface area contributed by atoms with Gasteiger partial charge in [-0.1, -0.05) is 135 Å². The third kappa shape index (κ3) is 4.47. The van der Waals surface area contributed by atoms with Crippen LogP contribution < -0.4 is 0 Å². The molecule has 0 aliphatic carbocycles. The number of hydrogen-bond donors (Lipinski definition) is 0. The van der Waals surface area contributed by atoms with Crippen molar-refractivity contribution in [1.29, 1.82) is 0 Å². The summed E-state index contributed by atoms with van der Waals surface area (Å²) < 4.78 is 0. The Morgan fingerprint density at radius 2 is 0.919 bits per heavy atom. The quantitative estimate of drug-likeness (QED) is 0.232. The number of benzene rings is 4. The van der Waals surface area contributed by atoms with Crippen LogP contribution in [0.25, 0.3) is 21.5 Å². The van der Waals surface area contributed by atoms with Crippen LogP contribution in [0.5, 0.6) is 0 Å². The third-order valence-electron chi connectivity index (χ3n) is 7.95. The van der Waals surface area contributed by atoms with Crippen molar-refractivity contribution >= 4 is 29.6 Å². The van der Waals surface area contributed by atoms with Crippen LogP contribution in [0.15, 0.2) is 97.1 Å². The van der Waals surface area contributed by atoms with Gasteiger partial charge in [0.15, 0.2) is 0 Å². The van der Waals surface area contributed by atoms with Crippen LogP contribution in [-0.2, 0) is 12.8 Å². The summed E-state index contributed by atoms with van der Waals surface area (Å²) >= 11 is 0. The fourth-order valence-electron chi connectivity index (χ4n) is 6.27. The van der Waals surface area contributed by atoms with Gasteiger partial charge in [-0.3, -0.25) is 0 Å². The minimum atomic E-state index is -2.14. The van der Waals surface area contributed by atoms with Crippen LogP contribution in [0.1, 0.15) is 58.4 Å². The summed E-state index contributed by atoms with van der Waals surface area (Å²) in [6.45, 7) is 14.2. The molecule has 1 aliphatic heterocycles. The molecule has 4 aromatic carbocycles. The molecule has 1 heteroatoms. The van der Waals surface area contributed by atoms with E-state index in [0.717, 1.165) is 12.8 Å². The molecule has 4 aromatic rings. The van der Waals surface area contributed by atoms with Crippen molar-refractivity contribution in [2.45, 2.75) is 53.6 Å². The molecule has 0 spiro atoms. The summed E-state index contributed by atoms with van der Waals surface area (Å²) in [4.78, 5) is 0. The van der Waals surface area contributed by atoms with E-state index in [1.807, 2.05) is 0 Å². The van der Waals surface area contributed by atoms with Crippen molar-refractivity contribution in [2.75, 3.05) is 0 Å². The van der Waals surface area contributed by atoms with Gasteiger partial charge >= 0.3 is 0 Å². The first-order valence-electron chi connectivity index (χ1n) is 13.7. The molecule has 0 N–H and O–H groups in total. The largest absolute Gasteiger partial charge is 0.115 e. The lowest BCUT2D eigenvalue weighted by Gasteiger charge is -2.28. The van der Waals surface area contributed by atoms with E-state index >= 15 is 0 Å². The Hall–Kier alpha value is -3.42. The molecule has 0 amide bonds. The summed E-state index contributed by atoms with van der Waals surface area (Å²) in [6.07, 6.45) is 2.07. The highest BCUT2D eigenvalue weighted by Gasteiger charge is 2.44. The maximum atomic E-state index is 2.58. The first kappa shape index (κ1) is 25.2. The van der Waals surface area contributed by atoms with Gasteiger partial charge < -0.3 is 0 Å². The Labute approximate surface area is 224 Å². The van der Waals surface area contributed by atoms with Crippen LogP contribution in [0.3, 0.4) is 0 Å². The second kappa shape index (κ2) is 10.1. The summed E-state index contributed by atoms with van der Waals surface area (Å²) in [5.41, 5.74) is 13.9. The lowest BCUT2D eigenvalue weighted by Crippen LogP contribution is -2.29. The Balaban J connectivity index is 1.98. The van der Waals surface area contributed by atoms with Gasteiger partial charge in [0.05, 0.1) is 0 Å². The molecule has 0 atom stereocenters. The van der Waals surface area contributed by atoms with E-state index in [2.05, 4.69) is 138 Å². The van der Waals surface area contributed by atoms with Gasteiger partial charge in [-0.2, -0.15) is 0 Å². The molecular formula is C36H38Si. The second-order valence-corrected chi connectivity index (χ2v) is 15.1. The minimum Gasteiger partial charge on any atom is -0.0620 e. The molecule has 0 saturated heterocycles. The molecule has 5 rings (SSSR count). The van der Waals surface area contributed by atoms with Gasteiger partial charge in [0.2, 0.25) is 0 Å². The SMILES string of the molecule is CCc1ccccc1C1=C(c2cccc(C)c2)C(c2cccc(C)c2)=C(c2ccccc2CC)[Si]1(C)C. The summed E-state index contributed by atoms with van der Waals surface area (Å²) in [5, 5.41) is 3.15. The average Bonchev–Trinajstić information content (AvgIpc) is 3.15. The molecule has 0 nitrogen and oxygen atoms in total. The maximum Gasteiger partial charge on any atom is 0.115 e. The number of rotatable bonds is 6. The summed E-state index contributed by atoms with van der Waals surface area (Å²) in [7, 11) is -2.14. The van der Waals surface area contributed by atoms with E-state index in [4.69, 9.17) is 0 Å². The number of allylic oxidation sites excluding steroid dienone is 2. The first-order valence-corrected chi connectivity index (χ1v) is 16.7. The molecule has 0 fully saturated rings. The van der Waals surface area contributed by atoms with E-state index in [1.165, 1.54) is 55.7 Å². The molecule has 0 aromatic heterocycles. The predicted octanol–water partition coefficient (Wildman–Crippen LogP) is 9.75. The first-order chi connectivity index (χ1) is 17.9. The van der Waals surface area contributed by atoms with E-state index in [0.29, 0.717) is 0 Å². The zero-order valence-corrected chi connectivity index (χ0v) is 24.2. The monoisotopic (exact) mass is 498 g/mol. The van der Waals surface area contributed by atoms with Crippen molar-refractivity contribution in [3.63, 3.8) is 0 Å². The van der Waals surface area contributed by atoms with Crippen molar-refractivity contribution in [2.24, 2.45) is 0 Å². The van der Waals surface area contributed by atoms with E-state index < -0.39 is 8.07 Å². The van der Waals surface area contributed by atoms with Crippen molar-refractivity contribution < 1.29 is 0 Å². The molecule has 0 saturated carbocycles. The molecule has 1 aliphatic rings. The zero-order valence-electron chi connectivity index (χ0n) is 23.2. The van der Waals surface area contributed by atoms with Crippen LogP contribution >= 0.6 is 0 Å². The van der Waals surface area contributed by atoms with Gasteiger partial charge in [-0.25, -0.2) is 0 Å². The highest BCUT2D eigenvalue weighted by Crippen LogP contribution is 2.56. The third-order valence-corrected chi connectivity index (χ3v) is 11.5. The molecule has 0 radical (unpaired) electrons. The molecular weight excluding hydrogens is 460 g/mol. The highest BCUT2D eigenvalue weighted by molar-refractivity contribution is 7.13. The molecule has 0 bridgehead atoms. The molecule has 1 heterocycles. The lowest BCUT2D eigenvalue weighted by molar-refractivity contribution is 1.13. The van der Waals surface area contributed by atoms with E-state index in [-0.39, 0.29) is 0 Å². The van der Waals surface area contributed by atoms with Gasteiger partial charge in [0.25, 0.3) is 0 Å². The average molecular weight is 499 g/mol. The molecule has 0 unspecified atom stereocenters. The van der Waals surface area contributed by atoms with Crippen LogP contribution in [-0.4, -0.2) is 8.07 Å². The summed E-state index contributed by atoms with van der Waals surface area (Å²) in [5.74, 6) is 0. The minimum absolute atomic E-state index is 1.03. The number of aryl methyl sites for hydroxylation is 4. The second-order valence-electron chi connectivity index (χ2n) is 10.9. The maximum absolute atomic E-state index is 2.58. The van der Waals surface area contributed by atoms with Crippen LogP contribution in [0, 0.1) is 13.8 Å². The van der Waals surface area contributed by atoms with Crippen LogP contribution in [0.4, 0.5) is 0 Å². The fraction of sp³-hybridized carbons (Fsp3) is 0.222. The zero-order chi connectivity index (χ0) is 26.2. The Kier molecular flexibility index (Phi) is 6.92. The summed E-state index contributed by atoms with van der Waals surface area (Å²) in [6, 6.07) is 36.5. The standard InChI is InChI=1S/C36H38Si/c1-7-27-17-9-11-21-31(27)35-33(29-19-13-15-25(3)23-29)34(30-20-14-16-26(4)24-30)36(37(35,5)6)32-22-12-10-18-28(32)8-2/h9-24H,7-8H2,1-6H3. The van der Waals surface area contributed by atoms with Gasteiger partial charge in [0.1, 0.15) is 8.07 Å². The smallest absolute Gasteiger partial charge is 0.0620 e. The predicted molar refractivity (Wildman–Crippen MR) is 165 cm³/mol. The fourth-order valence-corrected chi connectivity index (χ4v) is 10.1. The lowest BCUT2D eigenvalue weighted by atomic mass is 9.87.